The fourth-order valence-electron chi connectivity index (χ4n) is 3.09. The number of nitrogens with zero attached hydrogens (tertiary/aromatic N) is 1. The third-order valence-corrected chi connectivity index (χ3v) is 6.68. The Balaban J connectivity index is 1.72. The zero-order chi connectivity index (χ0) is 23.4. The molecule has 4 aromatic rings. The largest absolute Gasteiger partial charge is 0.494 e. The lowest BCUT2D eigenvalue weighted by molar-refractivity contribution is 0.340. The minimum atomic E-state index is -4.08. The molecule has 1 N–H and O–H groups in total. The fourth-order valence-corrected chi connectivity index (χ4v) is 4.50. The first-order valence-corrected chi connectivity index (χ1v) is 12.0. The molecule has 0 saturated heterocycles. The van der Waals surface area contributed by atoms with Crippen LogP contribution in [-0.4, -0.2) is 20.0 Å². The van der Waals surface area contributed by atoms with Gasteiger partial charge < -0.3 is 14.5 Å². The second-order valence-corrected chi connectivity index (χ2v) is 9.35. The number of benzene rings is 3. The van der Waals surface area contributed by atoms with Gasteiger partial charge in [-0.25, -0.2) is 12.8 Å². The number of oxazole rings is 1. The Morgan fingerprint density at radius 2 is 1.67 bits per heavy atom. The fraction of sp³-hybridized carbons (Fsp3) is 0.125. The second kappa shape index (κ2) is 9.64. The molecule has 0 fully saturated rings. The first-order valence-electron chi connectivity index (χ1n) is 10.1. The van der Waals surface area contributed by atoms with E-state index in [9.17, 15) is 12.8 Å². The van der Waals surface area contributed by atoms with E-state index in [1.807, 2.05) is 19.1 Å². The summed E-state index contributed by atoms with van der Waals surface area (Å²) >= 11 is 5.93. The first kappa shape index (κ1) is 22.8. The Morgan fingerprint density at radius 3 is 2.30 bits per heavy atom. The molecule has 1 aromatic heterocycles. The van der Waals surface area contributed by atoms with Crippen LogP contribution in [0, 0.1) is 5.82 Å². The van der Waals surface area contributed by atoms with E-state index < -0.39 is 15.7 Å². The van der Waals surface area contributed by atoms with Gasteiger partial charge >= 0.3 is 0 Å². The Morgan fingerprint density at radius 1 is 1.00 bits per heavy atom. The summed E-state index contributed by atoms with van der Waals surface area (Å²) in [5, 5.41) is 3.32. The van der Waals surface area contributed by atoms with Crippen LogP contribution in [0.1, 0.15) is 12.5 Å². The standard InChI is InChI=1S/C24H20ClFN2O4S/c1-2-31-20-11-5-17(6-12-20)22-28-24(33(29,30)21-13-9-19(26)10-14-21)23(32-22)27-15-16-3-7-18(25)8-4-16/h3-14,27H,2,15H2,1H3. The average molecular weight is 487 g/mol. The number of rotatable bonds is 8. The van der Waals surface area contributed by atoms with E-state index >= 15 is 0 Å². The van der Waals surface area contributed by atoms with Gasteiger partial charge in [0.1, 0.15) is 11.6 Å². The molecule has 3 aromatic carbocycles. The van der Waals surface area contributed by atoms with Crippen LogP contribution in [-0.2, 0) is 16.4 Å². The van der Waals surface area contributed by atoms with Crippen LogP contribution in [0.5, 0.6) is 5.75 Å². The highest BCUT2D eigenvalue weighted by Crippen LogP contribution is 2.33. The van der Waals surface area contributed by atoms with Crippen molar-refractivity contribution in [1.29, 1.82) is 0 Å². The maximum atomic E-state index is 13.3. The molecule has 0 unspecified atom stereocenters. The zero-order valence-corrected chi connectivity index (χ0v) is 19.2. The van der Waals surface area contributed by atoms with Gasteiger partial charge in [-0.05, 0) is 73.2 Å². The lowest BCUT2D eigenvalue weighted by Gasteiger charge is -2.06. The predicted octanol–water partition coefficient (Wildman–Crippen LogP) is 5.98. The van der Waals surface area contributed by atoms with Crippen molar-refractivity contribution >= 4 is 27.3 Å². The molecule has 0 aliphatic heterocycles. The highest BCUT2D eigenvalue weighted by molar-refractivity contribution is 7.91. The summed E-state index contributed by atoms with van der Waals surface area (Å²) in [6, 6.07) is 18.6. The molecule has 0 radical (unpaired) electrons. The number of hydrogen-bond donors (Lipinski definition) is 1. The highest BCUT2D eigenvalue weighted by Gasteiger charge is 2.28. The van der Waals surface area contributed by atoms with Gasteiger partial charge in [-0.3, -0.25) is 0 Å². The molecule has 0 atom stereocenters. The molecule has 0 amide bonds. The Hall–Kier alpha value is -3.36. The normalized spacial score (nSPS) is 11.4. The van der Waals surface area contributed by atoms with Gasteiger partial charge in [0, 0.05) is 17.1 Å². The topological polar surface area (TPSA) is 81.4 Å². The van der Waals surface area contributed by atoms with Crippen molar-refractivity contribution in [3.05, 3.63) is 89.2 Å². The highest BCUT2D eigenvalue weighted by atomic mass is 35.5. The van der Waals surface area contributed by atoms with E-state index in [0.29, 0.717) is 22.9 Å². The molecule has 170 valence electrons. The van der Waals surface area contributed by atoms with Gasteiger partial charge in [-0.15, -0.1) is 0 Å². The summed E-state index contributed by atoms with van der Waals surface area (Å²) in [7, 11) is -4.08. The number of sulfone groups is 1. The van der Waals surface area contributed by atoms with E-state index in [0.717, 1.165) is 17.7 Å². The minimum Gasteiger partial charge on any atom is -0.494 e. The molecule has 6 nitrogen and oxygen atoms in total. The maximum absolute atomic E-state index is 13.3. The number of ether oxygens (including phenoxy) is 1. The van der Waals surface area contributed by atoms with Crippen molar-refractivity contribution in [2.24, 2.45) is 0 Å². The quantitative estimate of drug-likeness (QED) is 0.309. The molecular formula is C24H20ClFN2O4S. The van der Waals surface area contributed by atoms with Gasteiger partial charge in [0.2, 0.25) is 26.6 Å². The average Bonchev–Trinajstić information content (AvgIpc) is 3.25. The lowest BCUT2D eigenvalue weighted by atomic mass is 10.2. The molecular weight excluding hydrogens is 467 g/mol. The summed E-state index contributed by atoms with van der Waals surface area (Å²) in [4.78, 5) is 4.19. The van der Waals surface area contributed by atoms with Crippen molar-refractivity contribution in [3.8, 4) is 17.2 Å². The number of anilines is 1. The molecule has 0 saturated carbocycles. The molecule has 0 spiro atoms. The van der Waals surface area contributed by atoms with Gasteiger partial charge in [0.15, 0.2) is 0 Å². The van der Waals surface area contributed by atoms with Gasteiger partial charge in [0.25, 0.3) is 0 Å². The van der Waals surface area contributed by atoms with E-state index in [1.165, 1.54) is 12.1 Å². The Bertz CT molecular complexity index is 1340. The summed E-state index contributed by atoms with van der Waals surface area (Å²) in [6.07, 6.45) is 0. The van der Waals surface area contributed by atoms with Crippen LogP contribution >= 0.6 is 11.6 Å². The van der Waals surface area contributed by atoms with Gasteiger partial charge in [-0.1, -0.05) is 23.7 Å². The monoisotopic (exact) mass is 486 g/mol. The molecule has 0 aliphatic rings. The van der Waals surface area contributed by atoms with Crippen LogP contribution in [0.25, 0.3) is 11.5 Å². The number of aromatic nitrogens is 1. The Labute approximate surface area is 195 Å². The Kier molecular flexibility index (Phi) is 6.67. The molecule has 33 heavy (non-hydrogen) atoms. The van der Waals surface area contributed by atoms with Crippen molar-refractivity contribution < 1.29 is 22.0 Å². The first-order chi connectivity index (χ1) is 15.9. The van der Waals surface area contributed by atoms with Crippen LogP contribution in [0.4, 0.5) is 10.3 Å². The van der Waals surface area contributed by atoms with Crippen LogP contribution in [0.3, 0.4) is 0 Å². The third kappa shape index (κ3) is 5.18. The van der Waals surface area contributed by atoms with E-state index in [4.69, 9.17) is 20.8 Å². The lowest BCUT2D eigenvalue weighted by Crippen LogP contribution is -2.07. The maximum Gasteiger partial charge on any atom is 0.234 e. The van der Waals surface area contributed by atoms with Crippen molar-refractivity contribution in [2.75, 3.05) is 11.9 Å². The summed E-state index contributed by atoms with van der Waals surface area (Å²) in [5.74, 6) is 0.244. The van der Waals surface area contributed by atoms with E-state index in [1.54, 1.807) is 36.4 Å². The summed E-state index contributed by atoms with van der Waals surface area (Å²) in [5.41, 5.74) is 1.44. The van der Waals surface area contributed by atoms with Gasteiger partial charge in [-0.2, -0.15) is 4.98 Å². The smallest absolute Gasteiger partial charge is 0.234 e. The molecule has 9 heteroatoms. The number of hydrogen-bond acceptors (Lipinski definition) is 6. The van der Waals surface area contributed by atoms with E-state index in [2.05, 4.69) is 10.3 Å². The number of nitrogens with one attached hydrogen (secondary N) is 1. The SMILES string of the molecule is CCOc1ccc(-c2nc(S(=O)(=O)c3ccc(F)cc3)c(NCc3ccc(Cl)cc3)o2)cc1. The van der Waals surface area contributed by atoms with Crippen LogP contribution < -0.4 is 10.1 Å². The van der Waals surface area contributed by atoms with Crippen molar-refractivity contribution in [3.63, 3.8) is 0 Å². The van der Waals surface area contributed by atoms with Gasteiger partial charge in [0.05, 0.1) is 11.5 Å². The van der Waals surface area contributed by atoms with E-state index in [-0.39, 0.29) is 28.2 Å². The number of halogens is 2. The minimum absolute atomic E-state index is 0.0156. The molecule has 0 aliphatic carbocycles. The van der Waals surface area contributed by atoms with Crippen LogP contribution in [0.15, 0.2) is 87.1 Å². The molecule has 0 bridgehead atoms. The van der Waals surface area contributed by atoms with Crippen LogP contribution in [0.2, 0.25) is 5.02 Å². The third-order valence-electron chi connectivity index (χ3n) is 4.75. The second-order valence-electron chi connectivity index (χ2n) is 7.05. The molecule has 1 heterocycles. The summed E-state index contributed by atoms with van der Waals surface area (Å²) < 4.78 is 51.2. The predicted molar refractivity (Wildman–Crippen MR) is 124 cm³/mol. The zero-order valence-electron chi connectivity index (χ0n) is 17.6. The van der Waals surface area contributed by atoms with Crippen molar-refractivity contribution in [1.82, 2.24) is 4.98 Å². The summed E-state index contributed by atoms with van der Waals surface area (Å²) in [6.45, 7) is 2.69. The molecule has 4 rings (SSSR count). The van der Waals surface area contributed by atoms with Crippen molar-refractivity contribution in [2.45, 2.75) is 23.4 Å².